The highest BCUT2D eigenvalue weighted by atomic mass is 32.2. The fraction of sp³-hybridized carbons (Fsp3) is 0.500. The third kappa shape index (κ3) is 2.21. The summed E-state index contributed by atoms with van der Waals surface area (Å²) in [4.78, 5) is 0.161. The predicted octanol–water partition coefficient (Wildman–Crippen LogP) is 2.39. The Hall–Kier alpha value is -0.940. The second kappa shape index (κ2) is 4.07. The number of rotatable bonds is 2. The summed E-state index contributed by atoms with van der Waals surface area (Å²) < 4.78 is 39.0. The number of halogens is 1. The summed E-state index contributed by atoms with van der Waals surface area (Å²) in [5, 5.41) is 0. The van der Waals surface area contributed by atoms with Gasteiger partial charge in [0.05, 0.1) is 4.90 Å². The molecule has 0 N–H and O–H groups in total. The van der Waals surface area contributed by atoms with E-state index in [4.69, 9.17) is 0 Å². The molecule has 0 bridgehead atoms. The van der Waals surface area contributed by atoms with Gasteiger partial charge in [-0.25, -0.2) is 12.8 Å². The standard InChI is InChI=1S/C12H16FNO2S/c1-12(2)8-3-9-14(12)17(15,16)11-6-4-10(13)5-7-11/h4-7H,3,8-9H2,1-2H3. The van der Waals surface area contributed by atoms with Gasteiger partial charge in [0.15, 0.2) is 0 Å². The normalized spacial score (nSPS) is 20.6. The van der Waals surface area contributed by atoms with Crippen LogP contribution in [-0.2, 0) is 10.0 Å². The van der Waals surface area contributed by atoms with Crippen LogP contribution in [-0.4, -0.2) is 24.8 Å². The minimum atomic E-state index is -3.50. The van der Waals surface area contributed by atoms with Crippen LogP contribution < -0.4 is 0 Å². The monoisotopic (exact) mass is 257 g/mol. The van der Waals surface area contributed by atoms with Gasteiger partial charge in [-0.05, 0) is 51.0 Å². The molecule has 0 radical (unpaired) electrons. The van der Waals surface area contributed by atoms with Crippen molar-refractivity contribution in [2.75, 3.05) is 6.54 Å². The molecule has 1 aromatic rings. The van der Waals surface area contributed by atoms with Crippen molar-refractivity contribution in [3.8, 4) is 0 Å². The fourth-order valence-corrected chi connectivity index (χ4v) is 4.11. The van der Waals surface area contributed by atoms with Gasteiger partial charge in [-0.3, -0.25) is 0 Å². The van der Waals surface area contributed by atoms with E-state index in [9.17, 15) is 12.8 Å². The summed E-state index contributed by atoms with van der Waals surface area (Å²) in [5.74, 6) is -0.426. The van der Waals surface area contributed by atoms with Crippen molar-refractivity contribution in [2.45, 2.75) is 37.1 Å². The zero-order valence-electron chi connectivity index (χ0n) is 9.98. The quantitative estimate of drug-likeness (QED) is 0.815. The first-order valence-electron chi connectivity index (χ1n) is 5.62. The SMILES string of the molecule is CC1(C)CCCN1S(=O)(=O)c1ccc(F)cc1. The average molecular weight is 257 g/mol. The van der Waals surface area contributed by atoms with Crippen LogP contribution in [0, 0.1) is 5.82 Å². The van der Waals surface area contributed by atoms with Gasteiger partial charge >= 0.3 is 0 Å². The molecule has 0 saturated carbocycles. The Morgan fingerprint density at radius 2 is 1.82 bits per heavy atom. The molecule has 1 aliphatic heterocycles. The molecule has 0 atom stereocenters. The van der Waals surface area contributed by atoms with Gasteiger partial charge in [0, 0.05) is 12.1 Å². The molecule has 1 aromatic carbocycles. The van der Waals surface area contributed by atoms with E-state index in [2.05, 4.69) is 0 Å². The van der Waals surface area contributed by atoms with Crippen LogP contribution in [0.3, 0.4) is 0 Å². The van der Waals surface area contributed by atoms with E-state index in [1.807, 2.05) is 13.8 Å². The van der Waals surface area contributed by atoms with Crippen molar-refractivity contribution in [2.24, 2.45) is 0 Å². The van der Waals surface area contributed by atoms with E-state index in [-0.39, 0.29) is 10.4 Å². The number of hydrogen-bond donors (Lipinski definition) is 0. The Morgan fingerprint density at radius 1 is 1.24 bits per heavy atom. The minimum Gasteiger partial charge on any atom is -0.207 e. The summed E-state index contributed by atoms with van der Waals surface area (Å²) in [7, 11) is -3.50. The molecule has 5 heteroatoms. The lowest BCUT2D eigenvalue weighted by Crippen LogP contribution is -2.42. The first-order chi connectivity index (χ1) is 7.84. The smallest absolute Gasteiger partial charge is 0.207 e. The van der Waals surface area contributed by atoms with Gasteiger partial charge in [-0.15, -0.1) is 0 Å². The summed E-state index contributed by atoms with van der Waals surface area (Å²) in [6.45, 7) is 4.37. The molecule has 17 heavy (non-hydrogen) atoms. The lowest BCUT2D eigenvalue weighted by molar-refractivity contribution is 0.291. The first kappa shape index (κ1) is 12.5. The molecule has 1 fully saturated rings. The van der Waals surface area contributed by atoms with E-state index in [1.165, 1.54) is 28.6 Å². The molecule has 1 heterocycles. The molecule has 0 aromatic heterocycles. The van der Waals surface area contributed by atoms with Gasteiger partial charge in [0.1, 0.15) is 5.82 Å². The summed E-state index contributed by atoms with van der Waals surface area (Å²) >= 11 is 0. The van der Waals surface area contributed by atoms with E-state index < -0.39 is 15.8 Å². The Labute approximate surface area is 101 Å². The molecule has 1 saturated heterocycles. The maximum absolute atomic E-state index is 12.8. The maximum atomic E-state index is 12.8. The Kier molecular flexibility index (Phi) is 2.99. The van der Waals surface area contributed by atoms with Crippen LogP contribution in [0.1, 0.15) is 26.7 Å². The number of sulfonamides is 1. The molecular formula is C12H16FNO2S. The molecule has 0 aliphatic carbocycles. The molecule has 0 unspecified atom stereocenters. The van der Waals surface area contributed by atoms with E-state index in [1.54, 1.807) is 0 Å². The van der Waals surface area contributed by atoms with Crippen LogP contribution in [0.25, 0.3) is 0 Å². The highest BCUT2D eigenvalue weighted by Crippen LogP contribution is 2.33. The second-order valence-electron chi connectivity index (χ2n) is 4.95. The zero-order valence-corrected chi connectivity index (χ0v) is 10.8. The fourth-order valence-electron chi connectivity index (χ4n) is 2.26. The highest BCUT2D eigenvalue weighted by Gasteiger charge is 2.40. The topological polar surface area (TPSA) is 37.4 Å². The molecule has 3 nitrogen and oxygen atoms in total. The van der Waals surface area contributed by atoms with Crippen LogP contribution >= 0.6 is 0 Å². The van der Waals surface area contributed by atoms with Crippen LogP contribution in [0.4, 0.5) is 4.39 Å². The lowest BCUT2D eigenvalue weighted by atomic mass is 10.0. The van der Waals surface area contributed by atoms with Gasteiger partial charge < -0.3 is 0 Å². The van der Waals surface area contributed by atoms with Crippen molar-refractivity contribution in [3.05, 3.63) is 30.1 Å². The zero-order chi connectivity index (χ0) is 12.7. The molecule has 0 amide bonds. The van der Waals surface area contributed by atoms with Gasteiger partial charge in [0.25, 0.3) is 0 Å². The number of nitrogens with zero attached hydrogens (tertiary/aromatic N) is 1. The Morgan fingerprint density at radius 3 is 2.29 bits per heavy atom. The molecule has 0 spiro atoms. The Balaban J connectivity index is 2.40. The molecular weight excluding hydrogens is 241 g/mol. The molecule has 94 valence electrons. The van der Waals surface area contributed by atoms with Gasteiger partial charge in [0.2, 0.25) is 10.0 Å². The predicted molar refractivity (Wildman–Crippen MR) is 63.6 cm³/mol. The van der Waals surface area contributed by atoms with Crippen LogP contribution in [0.15, 0.2) is 29.2 Å². The first-order valence-corrected chi connectivity index (χ1v) is 7.06. The van der Waals surface area contributed by atoms with Crippen molar-refractivity contribution in [1.82, 2.24) is 4.31 Å². The number of hydrogen-bond acceptors (Lipinski definition) is 2. The molecule has 1 aliphatic rings. The minimum absolute atomic E-state index is 0.161. The second-order valence-corrected chi connectivity index (χ2v) is 6.81. The van der Waals surface area contributed by atoms with E-state index in [0.717, 1.165) is 12.8 Å². The highest BCUT2D eigenvalue weighted by molar-refractivity contribution is 7.89. The van der Waals surface area contributed by atoms with Crippen LogP contribution in [0.5, 0.6) is 0 Å². The lowest BCUT2D eigenvalue weighted by Gasteiger charge is -2.30. The van der Waals surface area contributed by atoms with E-state index in [0.29, 0.717) is 6.54 Å². The average Bonchev–Trinajstić information content (AvgIpc) is 2.59. The Bertz CT molecular complexity index is 508. The van der Waals surface area contributed by atoms with Gasteiger partial charge in [-0.2, -0.15) is 4.31 Å². The number of benzene rings is 1. The third-order valence-electron chi connectivity index (χ3n) is 3.23. The third-order valence-corrected chi connectivity index (χ3v) is 5.35. The van der Waals surface area contributed by atoms with Crippen molar-refractivity contribution < 1.29 is 12.8 Å². The van der Waals surface area contributed by atoms with Crippen molar-refractivity contribution in [1.29, 1.82) is 0 Å². The largest absolute Gasteiger partial charge is 0.243 e. The van der Waals surface area contributed by atoms with Crippen molar-refractivity contribution >= 4 is 10.0 Å². The summed E-state index contributed by atoms with van der Waals surface area (Å²) in [6, 6.07) is 4.99. The summed E-state index contributed by atoms with van der Waals surface area (Å²) in [5.41, 5.74) is -0.354. The maximum Gasteiger partial charge on any atom is 0.243 e. The summed E-state index contributed by atoms with van der Waals surface area (Å²) in [6.07, 6.45) is 1.72. The molecule has 2 rings (SSSR count). The van der Waals surface area contributed by atoms with Crippen LogP contribution in [0.2, 0.25) is 0 Å². The van der Waals surface area contributed by atoms with E-state index >= 15 is 0 Å². The van der Waals surface area contributed by atoms with Gasteiger partial charge in [-0.1, -0.05) is 0 Å². The van der Waals surface area contributed by atoms with Crippen molar-refractivity contribution in [3.63, 3.8) is 0 Å².